The molecule has 0 saturated carbocycles. The monoisotopic (exact) mass is 466 g/mol. The Balaban J connectivity index is 1.25. The van der Waals surface area contributed by atoms with E-state index in [4.69, 9.17) is 20.8 Å². The number of rotatable bonds is 4. The average molecular weight is 467 g/mol. The number of carbonyl (C=O) groups is 2. The van der Waals surface area contributed by atoms with Crippen LogP contribution < -0.4 is 14.5 Å². The summed E-state index contributed by atoms with van der Waals surface area (Å²) < 4.78 is 11.1. The van der Waals surface area contributed by atoms with Gasteiger partial charge in [0.2, 0.25) is 5.89 Å². The van der Waals surface area contributed by atoms with Crippen molar-refractivity contribution in [2.45, 2.75) is 13.5 Å². The topological polar surface area (TPSA) is 79.1 Å². The maximum atomic E-state index is 13.0. The Morgan fingerprint density at radius 1 is 1.12 bits per heavy atom. The number of hydrogen-bond acceptors (Lipinski definition) is 6. The predicted octanol–water partition coefficient (Wildman–Crippen LogP) is 3.52. The van der Waals surface area contributed by atoms with Crippen molar-refractivity contribution in [3.63, 3.8) is 0 Å². The molecule has 0 aliphatic carbocycles. The van der Waals surface area contributed by atoms with E-state index in [1.54, 1.807) is 9.80 Å². The molecule has 2 aromatic carbocycles. The fraction of sp³-hybridized carbons (Fsp3) is 0.292. The number of nitrogens with zero attached hydrogens (tertiary/aromatic N) is 4. The number of halogens is 1. The van der Waals surface area contributed by atoms with E-state index in [-0.39, 0.29) is 30.7 Å². The number of piperazine rings is 1. The van der Waals surface area contributed by atoms with Crippen molar-refractivity contribution in [3.05, 3.63) is 70.9 Å². The number of ether oxygens (including phenoxy) is 1. The molecule has 1 aromatic heterocycles. The van der Waals surface area contributed by atoms with Crippen LogP contribution in [0.25, 0.3) is 0 Å². The first-order valence-corrected chi connectivity index (χ1v) is 11.1. The van der Waals surface area contributed by atoms with Gasteiger partial charge in [-0.3, -0.25) is 14.5 Å². The SMILES string of the molecule is Cc1ccc2c(c1)N(Cc1nc(C(=O)N3CCN(c4cccc(Cl)c4)CC3)co1)C(=O)CO2. The normalized spacial score (nSPS) is 15.9. The minimum atomic E-state index is -0.184. The third kappa shape index (κ3) is 4.39. The molecule has 3 aromatic rings. The van der Waals surface area contributed by atoms with Gasteiger partial charge < -0.3 is 19.0 Å². The maximum absolute atomic E-state index is 13.0. The van der Waals surface area contributed by atoms with E-state index in [0.717, 1.165) is 11.3 Å². The van der Waals surface area contributed by atoms with Crippen LogP contribution in [0.3, 0.4) is 0 Å². The molecule has 2 amide bonds. The van der Waals surface area contributed by atoms with Crippen molar-refractivity contribution >= 4 is 34.8 Å². The highest BCUT2D eigenvalue weighted by molar-refractivity contribution is 6.30. The van der Waals surface area contributed by atoms with Crippen LogP contribution in [0.5, 0.6) is 5.75 Å². The molecule has 5 rings (SSSR count). The lowest BCUT2D eigenvalue weighted by Crippen LogP contribution is -2.48. The molecule has 33 heavy (non-hydrogen) atoms. The summed E-state index contributed by atoms with van der Waals surface area (Å²) in [5.41, 5.74) is 2.97. The molecule has 0 radical (unpaired) electrons. The van der Waals surface area contributed by atoms with E-state index < -0.39 is 0 Å². The number of oxazole rings is 1. The zero-order valence-electron chi connectivity index (χ0n) is 18.2. The minimum Gasteiger partial charge on any atom is -0.482 e. The van der Waals surface area contributed by atoms with Gasteiger partial charge in [-0.25, -0.2) is 4.98 Å². The van der Waals surface area contributed by atoms with Crippen LogP contribution >= 0.6 is 11.6 Å². The summed E-state index contributed by atoms with van der Waals surface area (Å²) in [6, 6.07) is 13.4. The fourth-order valence-electron chi connectivity index (χ4n) is 4.11. The Labute approximate surface area is 196 Å². The highest BCUT2D eigenvalue weighted by atomic mass is 35.5. The van der Waals surface area contributed by atoms with Gasteiger partial charge in [0.25, 0.3) is 11.8 Å². The molecule has 170 valence electrons. The van der Waals surface area contributed by atoms with Gasteiger partial charge in [0.15, 0.2) is 12.3 Å². The van der Waals surface area contributed by atoms with Crippen LogP contribution in [-0.2, 0) is 11.3 Å². The summed E-state index contributed by atoms with van der Waals surface area (Å²) in [7, 11) is 0. The molecular weight excluding hydrogens is 444 g/mol. The third-order valence-electron chi connectivity index (χ3n) is 5.86. The first-order valence-electron chi connectivity index (χ1n) is 10.8. The lowest BCUT2D eigenvalue weighted by Gasteiger charge is -2.35. The molecule has 2 aliphatic heterocycles. The molecule has 3 heterocycles. The number of aryl methyl sites for hydroxylation is 1. The Morgan fingerprint density at radius 2 is 1.94 bits per heavy atom. The number of anilines is 2. The van der Waals surface area contributed by atoms with E-state index >= 15 is 0 Å². The van der Waals surface area contributed by atoms with E-state index in [1.165, 1.54) is 6.26 Å². The summed E-state index contributed by atoms with van der Waals surface area (Å²) >= 11 is 6.10. The summed E-state index contributed by atoms with van der Waals surface area (Å²) in [6.45, 7) is 4.59. The van der Waals surface area contributed by atoms with Crippen molar-refractivity contribution < 1.29 is 18.7 Å². The van der Waals surface area contributed by atoms with E-state index in [0.29, 0.717) is 48.5 Å². The molecule has 2 aliphatic rings. The van der Waals surface area contributed by atoms with Gasteiger partial charge in [0, 0.05) is 36.9 Å². The maximum Gasteiger partial charge on any atom is 0.275 e. The van der Waals surface area contributed by atoms with Crippen molar-refractivity contribution in [1.29, 1.82) is 0 Å². The van der Waals surface area contributed by atoms with Crippen molar-refractivity contribution in [1.82, 2.24) is 9.88 Å². The van der Waals surface area contributed by atoms with Gasteiger partial charge in [0.1, 0.15) is 18.6 Å². The Kier molecular flexibility index (Phi) is 5.68. The molecule has 8 nitrogen and oxygen atoms in total. The summed E-state index contributed by atoms with van der Waals surface area (Å²) in [4.78, 5) is 35.4. The Bertz CT molecular complexity index is 1200. The van der Waals surface area contributed by atoms with Crippen LogP contribution in [0, 0.1) is 6.92 Å². The molecule has 0 bridgehead atoms. The first kappa shape index (κ1) is 21.3. The molecule has 0 atom stereocenters. The summed E-state index contributed by atoms with van der Waals surface area (Å²) in [5, 5.41) is 0.692. The van der Waals surface area contributed by atoms with Crippen LogP contribution in [0.1, 0.15) is 21.9 Å². The van der Waals surface area contributed by atoms with E-state index in [9.17, 15) is 9.59 Å². The summed E-state index contributed by atoms with van der Waals surface area (Å²) in [6.07, 6.45) is 1.36. The van der Waals surface area contributed by atoms with Gasteiger partial charge >= 0.3 is 0 Å². The van der Waals surface area contributed by atoms with Crippen LogP contribution in [-0.4, -0.2) is 54.5 Å². The van der Waals surface area contributed by atoms with Gasteiger partial charge in [-0.05, 0) is 42.8 Å². The molecular formula is C24H23ClN4O4. The number of amides is 2. The second-order valence-electron chi connectivity index (χ2n) is 8.13. The van der Waals surface area contributed by atoms with Crippen LogP contribution in [0.4, 0.5) is 11.4 Å². The van der Waals surface area contributed by atoms with E-state index in [2.05, 4.69) is 9.88 Å². The number of aromatic nitrogens is 1. The third-order valence-corrected chi connectivity index (χ3v) is 6.10. The second kappa shape index (κ2) is 8.78. The lowest BCUT2D eigenvalue weighted by atomic mass is 10.1. The smallest absolute Gasteiger partial charge is 0.275 e. The highest BCUT2D eigenvalue weighted by Crippen LogP contribution is 2.33. The lowest BCUT2D eigenvalue weighted by molar-refractivity contribution is -0.121. The second-order valence-corrected chi connectivity index (χ2v) is 8.56. The number of fused-ring (bicyclic) bond motifs is 1. The predicted molar refractivity (Wildman–Crippen MR) is 124 cm³/mol. The first-order chi connectivity index (χ1) is 16.0. The molecule has 0 spiro atoms. The van der Waals surface area contributed by atoms with Crippen LogP contribution in [0.2, 0.25) is 5.02 Å². The number of benzene rings is 2. The van der Waals surface area contributed by atoms with Crippen LogP contribution in [0.15, 0.2) is 53.1 Å². The Hall–Kier alpha value is -3.52. The summed E-state index contributed by atoms with van der Waals surface area (Å²) in [5.74, 6) is 0.579. The van der Waals surface area contributed by atoms with Gasteiger partial charge in [0.05, 0.1) is 5.69 Å². The zero-order chi connectivity index (χ0) is 22.9. The van der Waals surface area contributed by atoms with Gasteiger partial charge in [-0.2, -0.15) is 0 Å². The number of hydrogen-bond donors (Lipinski definition) is 0. The fourth-order valence-corrected chi connectivity index (χ4v) is 4.29. The number of carbonyl (C=O) groups excluding carboxylic acids is 2. The quantitative estimate of drug-likeness (QED) is 0.585. The van der Waals surface area contributed by atoms with Gasteiger partial charge in [-0.1, -0.05) is 23.7 Å². The van der Waals surface area contributed by atoms with E-state index in [1.807, 2.05) is 49.4 Å². The van der Waals surface area contributed by atoms with Crippen molar-refractivity contribution in [2.75, 3.05) is 42.6 Å². The molecule has 0 N–H and O–H groups in total. The highest BCUT2D eigenvalue weighted by Gasteiger charge is 2.29. The zero-order valence-corrected chi connectivity index (χ0v) is 18.9. The standard InChI is InChI=1S/C24H23ClN4O4/c1-16-5-6-21-20(11-16)29(23(30)15-32-21)13-22-26-19(14-33-22)24(31)28-9-7-27(8-10-28)18-4-2-3-17(25)12-18/h2-6,11-12,14H,7-10,13,15H2,1H3. The largest absolute Gasteiger partial charge is 0.482 e. The van der Waals surface area contributed by atoms with Gasteiger partial charge in [-0.15, -0.1) is 0 Å². The molecule has 0 unspecified atom stereocenters. The minimum absolute atomic E-state index is 0.0422. The van der Waals surface area contributed by atoms with Crippen molar-refractivity contribution in [2.24, 2.45) is 0 Å². The Morgan fingerprint density at radius 3 is 2.73 bits per heavy atom. The average Bonchev–Trinajstić information content (AvgIpc) is 3.29. The molecule has 1 fully saturated rings. The van der Waals surface area contributed by atoms with Crippen molar-refractivity contribution in [3.8, 4) is 5.75 Å². The molecule has 9 heteroatoms. The molecule has 1 saturated heterocycles.